The SMILES string of the molecule is CCCCCCCCCCC(S)[Si](OC)(OC)OC. The van der Waals surface area contributed by atoms with E-state index in [9.17, 15) is 0 Å². The summed E-state index contributed by atoms with van der Waals surface area (Å²) < 4.78 is 16.3. The Morgan fingerprint density at radius 3 is 1.63 bits per heavy atom. The van der Waals surface area contributed by atoms with Crippen LogP contribution in [0, 0.1) is 0 Å². The highest BCUT2D eigenvalue weighted by Crippen LogP contribution is 2.22. The monoisotopic (exact) mass is 308 g/mol. The van der Waals surface area contributed by atoms with E-state index in [4.69, 9.17) is 13.3 Å². The first-order valence-electron chi connectivity index (χ1n) is 7.50. The number of hydrogen-bond acceptors (Lipinski definition) is 4. The van der Waals surface area contributed by atoms with Crippen LogP contribution in [-0.4, -0.2) is 35.0 Å². The molecule has 5 heteroatoms. The fourth-order valence-corrected chi connectivity index (χ4v) is 5.31. The van der Waals surface area contributed by atoms with Gasteiger partial charge in [0, 0.05) is 21.3 Å². The second-order valence-corrected chi connectivity index (χ2v) is 9.23. The molecule has 0 radical (unpaired) electrons. The van der Waals surface area contributed by atoms with Crippen LogP contribution in [0.25, 0.3) is 0 Å². The molecule has 0 aromatic carbocycles. The van der Waals surface area contributed by atoms with Crippen molar-refractivity contribution in [3.05, 3.63) is 0 Å². The lowest BCUT2D eigenvalue weighted by molar-refractivity contribution is 0.120. The van der Waals surface area contributed by atoms with Crippen molar-refractivity contribution in [2.24, 2.45) is 0 Å². The van der Waals surface area contributed by atoms with Crippen LogP contribution in [-0.2, 0) is 13.3 Å². The fourth-order valence-electron chi connectivity index (χ4n) is 2.31. The van der Waals surface area contributed by atoms with E-state index in [0.29, 0.717) is 0 Å². The standard InChI is InChI=1S/C14H32O3SSi/c1-5-6-7-8-9-10-11-12-13-14(18)19(15-2,16-3)17-4/h14,18H,5-13H2,1-4H3. The molecule has 0 aromatic heterocycles. The van der Waals surface area contributed by atoms with Gasteiger partial charge in [0.2, 0.25) is 0 Å². The second-order valence-electron chi connectivity index (χ2n) is 5.00. The quantitative estimate of drug-likeness (QED) is 0.313. The molecule has 19 heavy (non-hydrogen) atoms. The Bertz CT molecular complexity index is 193. The first-order valence-corrected chi connectivity index (χ1v) is 9.82. The molecule has 0 bridgehead atoms. The van der Waals surface area contributed by atoms with Crippen LogP contribution in [0.5, 0.6) is 0 Å². The molecule has 116 valence electrons. The normalized spacial score (nSPS) is 13.7. The maximum Gasteiger partial charge on any atom is 0.513 e. The highest BCUT2D eigenvalue weighted by atomic mass is 32.1. The van der Waals surface area contributed by atoms with Crippen LogP contribution in [0.15, 0.2) is 0 Å². The lowest BCUT2D eigenvalue weighted by Gasteiger charge is -2.29. The lowest BCUT2D eigenvalue weighted by atomic mass is 10.1. The molecule has 0 heterocycles. The third-order valence-corrected chi connectivity index (χ3v) is 7.61. The Kier molecular flexibility index (Phi) is 12.5. The molecule has 1 unspecified atom stereocenters. The highest BCUT2D eigenvalue weighted by Gasteiger charge is 2.44. The molecule has 0 aliphatic heterocycles. The van der Waals surface area contributed by atoms with Crippen molar-refractivity contribution in [3.8, 4) is 0 Å². The van der Waals surface area contributed by atoms with Crippen LogP contribution in [0.1, 0.15) is 64.7 Å². The van der Waals surface area contributed by atoms with Crippen molar-refractivity contribution in [2.75, 3.05) is 21.3 Å². The summed E-state index contributed by atoms with van der Waals surface area (Å²) in [5, 5.41) is 0. The third kappa shape index (κ3) is 7.71. The summed E-state index contributed by atoms with van der Waals surface area (Å²) in [5.41, 5.74) is 0. The van der Waals surface area contributed by atoms with Gasteiger partial charge in [0.25, 0.3) is 0 Å². The van der Waals surface area contributed by atoms with E-state index in [1.807, 2.05) is 0 Å². The summed E-state index contributed by atoms with van der Waals surface area (Å²) in [6.07, 6.45) is 11.6. The number of thiol groups is 1. The Morgan fingerprint density at radius 2 is 1.21 bits per heavy atom. The summed E-state index contributed by atoms with van der Waals surface area (Å²) >= 11 is 4.61. The van der Waals surface area contributed by atoms with Crippen LogP contribution >= 0.6 is 12.6 Å². The summed E-state index contributed by atoms with van der Waals surface area (Å²) in [6, 6.07) is 0. The molecule has 0 saturated heterocycles. The third-order valence-electron chi connectivity index (χ3n) is 3.59. The number of hydrogen-bond donors (Lipinski definition) is 1. The van der Waals surface area contributed by atoms with E-state index < -0.39 is 8.80 Å². The molecule has 0 saturated carbocycles. The van der Waals surface area contributed by atoms with Crippen molar-refractivity contribution in [3.63, 3.8) is 0 Å². The first kappa shape index (κ1) is 19.4. The summed E-state index contributed by atoms with van der Waals surface area (Å²) in [7, 11) is 2.40. The maximum atomic E-state index is 5.44. The van der Waals surface area contributed by atoms with Gasteiger partial charge in [0.15, 0.2) is 0 Å². The van der Waals surface area contributed by atoms with Gasteiger partial charge in [-0.05, 0) is 6.42 Å². The van der Waals surface area contributed by atoms with Gasteiger partial charge in [-0.2, -0.15) is 12.6 Å². The minimum absolute atomic E-state index is 0.0765. The molecular weight excluding hydrogens is 276 g/mol. The van der Waals surface area contributed by atoms with Gasteiger partial charge < -0.3 is 13.3 Å². The van der Waals surface area contributed by atoms with Crippen molar-refractivity contribution in [2.45, 2.75) is 69.6 Å². The molecule has 0 aliphatic rings. The molecule has 0 spiro atoms. The van der Waals surface area contributed by atoms with E-state index in [1.165, 1.54) is 51.4 Å². The van der Waals surface area contributed by atoms with Gasteiger partial charge in [0.1, 0.15) is 0 Å². The summed E-state index contributed by atoms with van der Waals surface area (Å²) in [6.45, 7) is 2.25. The molecular formula is C14H32O3SSi. The van der Waals surface area contributed by atoms with Crippen LogP contribution < -0.4 is 0 Å². The zero-order chi connectivity index (χ0) is 14.6. The molecule has 0 rings (SSSR count). The van der Waals surface area contributed by atoms with Crippen molar-refractivity contribution in [1.29, 1.82) is 0 Å². The topological polar surface area (TPSA) is 27.7 Å². The summed E-state index contributed by atoms with van der Waals surface area (Å²) in [5.74, 6) is 0. The van der Waals surface area contributed by atoms with Gasteiger partial charge in [-0.3, -0.25) is 0 Å². The molecule has 0 N–H and O–H groups in total. The maximum absolute atomic E-state index is 5.44. The minimum Gasteiger partial charge on any atom is -0.376 e. The molecule has 0 fully saturated rings. The van der Waals surface area contributed by atoms with E-state index in [1.54, 1.807) is 21.3 Å². The number of unbranched alkanes of at least 4 members (excludes halogenated alkanes) is 7. The zero-order valence-corrected chi connectivity index (χ0v) is 15.0. The first-order chi connectivity index (χ1) is 9.16. The zero-order valence-electron chi connectivity index (χ0n) is 13.1. The Hall–Kier alpha value is 0.447. The van der Waals surface area contributed by atoms with Gasteiger partial charge in [-0.1, -0.05) is 58.3 Å². The average Bonchev–Trinajstić information content (AvgIpc) is 2.44. The number of rotatable bonds is 13. The Labute approximate surface area is 126 Å². The predicted octanol–water partition coefficient (Wildman–Crippen LogP) is 4.23. The van der Waals surface area contributed by atoms with E-state index in [2.05, 4.69) is 19.6 Å². The lowest BCUT2D eigenvalue weighted by Crippen LogP contribution is -2.52. The molecule has 1 atom stereocenters. The molecule has 0 aromatic rings. The highest BCUT2D eigenvalue weighted by molar-refractivity contribution is 7.83. The van der Waals surface area contributed by atoms with E-state index >= 15 is 0 Å². The Balaban J connectivity index is 3.64. The second kappa shape index (κ2) is 12.2. The van der Waals surface area contributed by atoms with Crippen LogP contribution in [0.3, 0.4) is 0 Å². The van der Waals surface area contributed by atoms with Gasteiger partial charge in [0.05, 0.1) is 4.87 Å². The minimum atomic E-state index is -2.54. The van der Waals surface area contributed by atoms with E-state index in [-0.39, 0.29) is 4.87 Å². The molecule has 3 nitrogen and oxygen atoms in total. The Morgan fingerprint density at radius 1 is 0.789 bits per heavy atom. The van der Waals surface area contributed by atoms with Crippen LogP contribution in [0.2, 0.25) is 0 Å². The van der Waals surface area contributed by atoms with E-state index in [0.717, 1.165) is 6.42 Å². The van der Waals surface area contributed by atoms with Gasteiger partial charge in [-0.25, -0.2) is 0 Å². The van der Waals surface area contributed by atoms with Crippen molar-refractivity contribution in [1.82, 2.24) is 0 Å². The predicted molar refractivity (Wildman–Crippen MR) is 86.8 cm³/mol. The smallest absolute Gasteiger partial charge is 0.376 e. The average molecular weight is 309 g/mol. The summed E-state index contributed by atoms with van der Waals surface area (Å²) in [4.78, 5) is 0.0765. The fraction of sp³-hybridized carbons (Fsp3) is 1.00. The van der Waals surface area contributed by atoms with Crippen molar-refractivity contribution < 1.29 is 13.3 Å². The van der Waals surface area contributed by atoms with Crippen LogP contribution in [0.4, 0.5) is 0 Å². The largest absolute Gasteiger partial charge is 0.513 e. The van der Waals surface area contributed by atoms with Gasteiger partial charge in [-0.15, -0.1) is 0 Å². The van der Waals surface area contributed by atoms with Crippen molar-refractivity contribution >= 4 is 21.4 Å². The van der Waals surface area contributed by atoms with Gasteiger partial charge >= 0.3 is 8.80 Å². The molecule has 0 aliphatic carbocycles. The molecule has 0 amide bonds.